The molecular weight excluding hydrogens is 396 g/mol. The predicted molar refractivity (Wildman–Crippen MR) is 110 cm³/mol. The number of sulfonamides is 1. The minimum absolute atomic E-state index is 0.0422. The van der Waals surface area contributed by atoms with Crippen LogP contribution in [0.3, 0.4) is 0 Å². The van der Waals surface area contributed by atoms with E-state index in [9.17, 15) is 13.2 Å². The molecule has 6 nitrogen and oxygen atoms in total. The first-order valence-electron chi connectivity index (χ1n) is 9.13. The topological polar surface area (TPSA) is 75.7 Å². The summed E-state index contributed by atoms with van der Waals surface area (Å²) in [5.41, 5.74) is 1.38. The van der Waals surface area contributed by atoms with Gasteiger partial charge in [0.1, 0.15) is 0 Å². The van der Waals surface area contributed by atoms with Crippen LogP contribution < -0.4 is 5.32 Å². The van der Waals surface area contributed by atoms with Gasteiger partial charge >= 0.3 is 0 Å². The van der Waals surface area contributed by atoms with Gasteiger partial charge in [0, 0.05) is 30.3 Å². The fourth-order valence-corrected chi connectivity index (χ4v) is 5.23. The Bertz CT molecular complexity index is 908. The minimum Gasteiger partial charge on any atom is -0.379 e. The van der Waals surface area contributed by atoms with Crippen molar-refractivity contribution in [2.45, 2.75) is 16.7 Å². The van der Waals surface area contributed by atoms with Gasteiger partial charge in [-0.05, 0) is 31.2 Å². The van der Waals surface area contributed by atoms with E-state index in [-0.39, 0.29) is 16.4 Å². The van der Waals surface area contributed by atoms with Crippen LogP contribution >= 0.6 is 11.8 Å². The van der Waals surface area contributed by atoms with Crippen LogP contribution in [0.15, 0.2) is 58.3 Å². The molecule has 1 aliphatic rings. The normalized spacial score (nSPS) is 15.3. The molecule has 0 atom stereocenters. The van der Waals surface area contributed by atoms with Crippen molar-refractivity contribution >= 4 is 27.7 Å². The average molecular weight is 421 g/mol. The van der Waals surface area contributed by atoms with Crippen LogP contribution in [0.2, 0.25) is 0 Å². The van der Waals surface area contributed by atoms with Gasteiger partial charge in [-0.2, -0.15) is 4.31 Å². The molecule has 3 rings (SSSR count). The monoisotopic (exact) mass is 420 g/mol. The van der Waals surface area contributed by atoms with Crippen molar-refractivity contribution in [1.82, 2.24) is 9.62 Å². The molecule has 0 unspecified atom stereocenters. The quantitative estimate of drug-likeness (QED) is 0.550. The van der Waals surface area contributed by atoms with Gasteiger partial charge in [-0.1, -0.05) is 29.8 Å². The Balaban J connectivity index is 1.63. The van der Waals surface area contributed by atoms with Crippen LogP contribution in [0, 0.1) is 6.92 Å². The van der Waals surface area contributed by atoms with Gasteiger partial charge in [-0.25, -0.2) is 8.42 Å². The average Bonchev–Trinajstić information content (AvgIpc) is 2.73. The molecule has 0 saturated carbocycles. The number of aryl methyl sites for hydroxylation is 1. The van der Waals surface area contributed by atoms with Crippen LogP contribution in [0.4, 0.5) is 0 Å². The molecule has 2 aromatic carbocycles. The molecular formula is C20H24N2O4S2. The summed E-state index contributed by atoms with van der Waals surface area (Å²) in [5, 5.41) is 2.83. The number of nitrogens with zero attached hydrogens (tertiary/aromatic N) is 1. The number of thioether (sulfide) groups is 1. The first-order valence-corrected chi connectivity index (χ1v) is 11.6. The van der Waals surface area contributed by atoms with E-state index >= 15 is 0 Å². The second-order valence-corrected chi connectivity index (χ2v) is 9.50. The number of amides is 1. The maximum absolute atomic E-state index is 12.9. The highest BCUT2D eigenvalue weighted by Gasteiger charge is 2.29. The molecule has 0 radical (unpaired) electrons. The SMILES string of the molecule is Cc1ccc(SCCNC(=O)c2ccccc2S(=O)(=O)N2CCOCC2)cc1. The number of nitrogens with one attached hydrogen (secondary N) is 1. The highest BCUT2D eigenvalue weighted by Crippen LogP contribution is 2.21. The second kappa shape index (κ2) is 9.56. The molecule has 1 heterocycles. The van der Waals surface area contributed by atoms with Crippen molar-refractivity contribution in [2.75, 3.05) is 38.6 Å². The standard InChI is InChI=1S/C20H24N2O4S2/c1-16-6-8-17(9-7-16)27-15-10-21-20(23)18-4-2-3-5-19(18)28(24,25)22-11-13-26-14-12-22/h2-9H,10-15H2,1H3,(H,21,23). The molecule has 0 spiro atoms. The lowest BCUT2D eigenvalue weighted by Crippen LogP contribution is -2.41. The second-order valence-electron chi connectivity index (χ2n) is 6.43. The highest BCUT2D eigenvalue weighted by atomic mass is 32.2. The number of benzene rings is 2. The zero-order valence-corrected chi connectivity index (χ0v) is 17.4. The summed E-state index contributed by atoms with van der Waals surface area (Å²) in [5.74, 6) is 0.324. The van der Waals surface area contributed by atoms with Crippen molar-refractivity contribution < 1.29 is 17.9 Å². The molecule has 0 aliphatic carbocycles. The van der Waals surface area contributed by atoms with E-state index in [2.05, 4.69) is 5.32 Å². The third-order valence-corrected chi connectivity index (χ3v) is 7.37. The number of hydrogen-bond acceptors (Lipinski definition) is 5. The van der Waals surface area contributed by atoms with Gasteiger partial charge in [-0.15, -0.1) is 11.8 Å². The van der Waals surface area contributed by atoms with Gasteiger partial charge in [0.2, 0.25) is 10.0 Å². The molecule has 1 fully saturated rings. The van der Waals surface area contributed by atoms with Crippen LogP contribution in [0.25, 0.3) is 0 Å². The Morgan fingerprint density at radius 1 is 1.11 bits per heavy atom. The molecule has 0 bridgehead atoms. The summed E-state index contributed by atoms with van der Waals surface area (Å²) >= 11 is 1.64. The molecule has 0 aromatic heterocycles. The third kappa shape index (κ3) is 5.14. The summed E-state index contributed by atoms with van der Waals surface area (Å²) in [7, 11) is -3.73. The van der Waals surface area contributed by atoms with Crippen molar-refractivity contribution in [2.24, 2.45) is 0 Å². The summed E-state index contributed by atoms with van der Waals surface area (Å²) in [6.07, 6.45) is 0. The zero-order valence-electron chi connectivity index (χ0n) is 15.8. The van der Waals surface area contributed by atoms with Crippen molar-refractivity contribution in [3.8, 4) is 0 Å². The van der Waals surface area contributed by atoms with E-state index < -0.39 is 10.0 Å². The van der Waals surface area contributed by atoms with Gasteiger partial charge in [0.25, 0.3) is 5.91 Å². The first kappa shape index (κ1) is 20.9. The lowest BCUT2D eigenvalue weighted by Gasteiger charge is -2.26. The summed E-state index contributed by atoms with van der Waals surface area (Å²) < 4.78 is 32.5. The number of carbonyl (C=O) groups excluding carboxylic acids is 1. The van der Waals surface area contributed by atoms with Crippen LogP contribution in [-0.2, 0) is 14.8 Å². The Labute approximate surface area is 170 Å². The molecule has 28 heavy (non-hydrogen) atoms. The largest absolute Gasteiger partial charge is 0.379 e. The zero-order chi connectivity index (χ0) is 20.0. The van der Waals surface area contributed by atoms with Gasteiger partial charge in [0.15, 0.2) is 0 Å². The van der Waals surface area contributed by atoms with E-state index in [0.29, 0.717) is 38.6 Å². The summed E-state index contributed by atoms with van der Waals surface area (Å²) in [6, 6.07) is 14.5. The van der Waals surface area contributed by atoms with Crippen LogP contribution in [0.5, 0.6) is 0 Å². The smallest absolute Gasteiger partial charge is 0.252 e. The maximum Gasteiger partial charge on any atom is 0.252 e. The lowest BCUT2D eigenvalue weighted by molar-refractivity contribution is 0.0730. The number of morpholine rings is 1. The van der Waals surface area contributed by atoms with E-state index in [1.165, 1.54) is 15.9 Å². The Kier molecular flexibility index (Phi) is 7.12. The first-order chi connectivity index (χ1) is 13.5. The predicted octanol–water partition coefficient (Wildman–Crippen LogP) is 2.54. The fraction of sp³-hybridized carbons (Fsp3) is 0.350. The number of carbonyl (C=O) groups is 1. The molecule has 2 aromatic rings. The molecule has 150 valence electrons. The molecule has 1 amide bonds. The van der Waals surface area contributed by atoms with Gasteiger partial charge in [0.05, 0.1) is 23.7 Å². The highest BCUT2D eigenvalue weighted by molar-refractivity contribution is 7.99. The van der Waals surface area contributed by atoms with E-state index in [1.807, 2.05) is 31.2 Å². The van der Waals surface area contributed by atoms with Gasteiger partial charge in [-0.3, -0.25) is 4.79 Å². The van der Waals surface area contributed by atoms with Gasteiger partial charge < -0.3 is 10.1 Å². The number of rotatable bonds is 7. The Morgan fingerprint density at radius 2 is 1.79 bits per heavy atom. The van der Waals surface area contributed by atoms with Crippen LogP contribution in [-0.4, -0.2) is 57.2 Å². The minimum atomic E-state index is -3.73. The Hall–Kier alpha value is -1.87. The Morgan fingerprint density at radius 3 is 2.50 bits per heavy atom. The maximum atomic E-state index is 12.9. The van der Waals surface area contributed by atoms with Crippen molar-refractivity contribution in [3.63, 3.8) is 0 Å². The number of hydrogen-bond donors (Lipinski definition) is 1. The third-order valence-electron chi connectivity index (χ3n) is 4.40. The molecule has 1 N–H and O–H groups in total. The lowest BCUT2D eigenvalue weighted by atomic mass is 10.2. The van der Waals surface area contributed by atoms with E-state index in [4.69, 9.17) is 4.74 Å². The molecule has 8 heteroatoms. The molecule has 1 aliphatic heterocycles. The van der Waals surface area contributed by atoms with Crippen LogP contribution in [0.1, 0.15) is 15.9 Å². The summed E-state index contributed by atoms with van der Waals surface area (Å²) in [6.45, 7) is 3.81. The number of ether oxygens (including phenoxy) is 1. The van der Waals surface area contributed by atoms with E-state index in [0.717, 1.165) is 4.90 Å². The summed E-state index contributed by atoms with van der Waals surface area (Å²) in [4.78, 5) is 13.8. The van der Waals surface area contributed by atoms with Crippen molar-refractivity contribution in [3.05, 3.63) is 59.7 Å². The fourth-order valence-electron chi connectivity index (χ4n) is 2.87. The van der Waals surface area contributed by atoms with Crippen molar-refractivity contribution in [1.29, 1.82) is 0 Å². The van der Waals surface area contributed by atoms with E-state index in [1.54, 1.807) is 30.0 Å². The molecule has 1 saturated heterocycles.